The molecule has 1 aliphatic carbocycles. The van der Waals surface area contributed by atoms with E-state index in [0.717, 1.165) is 25.7 Å². The first kappa shape index (κ1) is 27.3. The number of carbonyl (C=O) groups is 3. The second-order valence-electron chi connectivity index (χ2n) is 11.4. The van der Waals surface area contributed by atoms with Crippen molar-refractivity contribution < 1.29 is 23.5 Å². The second kappa shape index (κ2) is 10.7. The third-order valence-corrected chi connectivity index (χ3v) is 14.1. The number of hydrogen-bond donors (Lipinski definition) is 1. The van der Waals surface area contributed by atoms with Gasteiger partial charge in [-0.15, -0.1) is 11.8 Å². The molecule has 3 rings (SSSR count). The van der Waals surface area contributed by atoms with Crippen molar-refractivity contribution >= 4 is 37.9 Å². The number of β-lactam (4-membered cyclic amide) rings is 1. The van der Waals surface area contributed by atoms with Crippen LogP contribution < -0.4 is 5.32 Å². The lowest BCUT2D eigenvalue weighted by Crippen LogP contribution is -2.68. The minimum absolute atomic E-state index is 0.00302. The molecule has 0 spiro atoms. The number of ketones is 1. The topological polar surface area (TPSA) is 84.9 Å². The van der Waals surface area contributed by atoms with Gasteiger partial charge in [0.2, 0.25) is 5.91 Å². The van der Waals surface area contributed by atoms with E-state index in [1.807, 2.05) is 6.92 Å². The maximum Gasteiger partial charge on any atom is 0.410 e. The number of likely N-dealkylation sites (tertiary alicyclic amines) is 1. The van der Waals surface area contributed by atoms with E-state index >= 15 is 0 Å². The number of rotatable bonds is 8. The highest BCUT2D eigenvalue weighted by Crippen LogP contribution is 2.42. The highest BCUT2D eigenvalue weighted by Gasteiger charge is 2.53. The summed E-state index contributed by atoms with van der Waals surface area (Å²) in [5.74, 6) is -0.176. The van der Waals surface area contributed by atoms with Crippen molar-refractivity contribution in [3.63, 3.8) is 0 Å². The highest BCUT2D eigenvalue weighted by atomic mass is 32.2. The molecule has 6 atom stereocenters. The van der Waals surface area contributed by atoms with E-state index in [-0.39, 0.29) is 63.9 Å². The molecule has 2 heterocycles. The Balaban J connectivity index is 1.58. The van der Waals surface area contributed by atoms with Crippen LogP contribution in [0.2, 0.25) is 18.1 Å². The molecular formula is C25H42N2O5SSi. The van der Waals surface area contributed by atoms with Crippen molar-refractivity contribution in [1.82, 2.24) is 10.2 Å². The lowest BCUT2D eigenvalue weighted by atomic mass is 9.72. The zero-order valence-corrected chi connectivity index (χ0v) is 23.4. The molecule has 1 N–H and O–H groups in total. The lowest BCUT2D eigenvalue weighted by Gasteiger charge is -2.48. The minimum Gasteiger partial charge on any atom is -0.445 e. The van der Waals surface area contributed by atoms with E-state index in [1.54, 1.807) is 22.7 Å². The molecule has 2 saturated heterocycles. The van der Waals surface area contributed by atoms with Gasteiger partial charge in [0.25, 0.3) is 0 Å². The number of carbonyl (C=O) groups excluding carboxylic acids is 3. The van der Waals surface area contributed by atoms with E-state index in [9.17, 15) is 14.4 Å². The van der Waals surface area contributed by atoms with Crippen molar-refractivity contribution in [2.24, 2.45) is 11.8 Å². The van der Waals surface area contributed by atoms with Crippen LogP contribution in [0.4, 0.5) is 4.79 Å². The smallest absolute Gasteiger partial charge is 0.410 e. The number of amides is 2. The van der Waals surface area contributed by atoms with Crippen LogP contribution in [0.1, 0.15) is 53.4 Å². The molecular weight excluding hydrogens is 468 g/mol. The van der Waals surface area contributed by atoms with Crippen LogP contribution in [-0.2, 0) is 18.8 Å². The summed E-state index contributed by atoms with van der Waals surface area (Å²) >= 11 is 1.70. The third kappa shape index (κ3) is 5.90. The maximum absolute atomic E-state index is 13.5. The summed E-state index contributed by atoms with van der Waals surface area (Å²) < 4.78 is 11.7. The number of nitrogens with zero attached hydrogens (tertiary/aromatic N) is 1. The molecule has 0 radical (unpaired) electrons. The lowest BCUT2D eigenvalue weighted by molar-refractivity contribution is -0.145. The standard InChI is InChI=1S/C25H42N2O5SSi/c1-8-14-31-24(30)27-13-12-17(15-27)33-19-11-9-10-18(22(19)28)21-20(23(29)26-21)16(2)32-34(6,7)25(3,4)5/h8,16-21H,1,9-15H2,2-7H3,(H,26,29)/t16-,17+,18-,19+,20-,21-/m1/s1. The van der Waals surface area contributed by atoms with Gasteiger partial charge >= 0.3 is 6.09 Å². The molecule has 3 aliphatic rings. The monoisotopic (exact) mass is 510 g/mol. The summed E-state index contributed by atoms with van der Waals surface area (Å²) in [6.45, 7) is 18.0. The fourth-order valence-electron chi connectivity index (χ4n) is 4.98. The van der Waals surface area contributed by atoms with Gasteiger partial charge in [0, 0.05) is 24.3 Å². The Kier molecular flexibility index (Phi) is 8.62. The number of Topliss-reactive ketones (excluding diaryl/α,β-unsaturated/α-hetero) is 1. The molecule has 34 heavy (non-hydrogen) atoms. The molecule has 192 valence electrons. The molecule has 2 aliphatic heterocycles. The number of nitrogens with one attached hydrogen (secondary N) is 1. The average Bonchev–Trinajstić information content (AvgIpc) is 3.19. The summed E-state index contributed by atoms with van der Waals surface area (Å²) in [5, 5.41) is 3.26. The summed E-state index contributed by atoms with van der Waals surface area (Å²) in [7, 11) is -2.02. The zero-order valence-electron chi connectivity index (χ0n) is 21.6. The summed E-state index contributed by atoms with van der Waals surface area (Å²) in [6.07, 6.45) is 4.56. The van der Waals surface area contributed by atoms with E-state index in [0.29, 0.717) is 13.1 Å². The Morgan fingerprint density at radius 1 is 1.29 bits per heavy atom. The molecule has 1 saturated carbocycles. The van der Waals surface area contributed by atoms with Crippen molar-refractivity contribution in [2.45, 2.75) is 94.2 Å². The second-order valence-corrected chi connectivity index (χ2v) is 17.7. The van der Waals surface area contributed by atoms with Gasteiger partial charge in [-0.3, -0.25) is 9.59 Å². The van der Waals surface area contributed by atoms with E-state index < -0.39 is 8.32 Å². The van der Waals surface area contributed by atoms with Crippen LogP contribution in [0, 0.1) is 11.8 Å². The van der Waals surface area contributed by atoms with Gasteiger partial charge in [0.1, 0.15) is 6.61 Å². The summed E-state index contributed by atoms with van der Waals surface area (Å²) in [4.78, 5) is 39.9. The van der Waals surface area contributed by atoms with Gasteiger partial charge in [0.05, 0.1) is 23.3 Å². The Hall–Kier alpha value is -1.32. The zero-order chi connectivity index (χ0) is 25.3. The Bertz CT molecular complexity index is 799. The van der Waals surface area contributed by atoms with E-state index in [4.69, 9.17) is 9.16 Å². The summed E-state index contributed by atoms with van der Waals surface area (Å²) in [5.41, 5.74) is 0. The largest absolute Gasteiger partial charge is 0.445 e. The fourth-order valence-corrected chi connectivity index (χ4v) is 8.00. The van der Waals surface area contributed by atoms with Gasteiger partial charge in [-0.05, 0) is 44.3 Å². The van der Waals surface area contributed by atoms with E-state index in [1.165, 1.54) is 0 Å². The predicted octanol–water partition coefficient (Wildman–Crippen LogP) is 4.38. The van der Waals surface area contributed by atoms with Crippen LogP contribution >= 0.6 is 11.8 Å². The van der Waals surface area contributed by atoms with Crippen LogP contribution in [0.25, 0.3) is 0 Å². The van der Waals surface area contributed by atoms with Gasteiger partial charge in [-0.25, -0.2) is 4.79 Å². The normalized spacial score (nSPS) is 31.0. The third-order valence-electron chi connectivity index (χ3n) is 7.97. The van der Waals surface area contributed by atoms with Gasteiger partial charge < -0.3 is 19.4 Å². The first-order valence-corrected chi connectivity index (χ1v) is 16.4. The SMILES string of the molecule is C=CCOC(=O)N1CC[C@H](S[C@H]2CCC[C@H]([C@H]3NC(=O)[C@@H]3[C@@H](C)O[Si](C)(C)C(C)(C)C)C2=O)C1. The molecule has 2 amide bonds. The van der Waals surface area contributed by atoms with Crippen molar-refractivity contribution in [2.75, 3.05) is 19.7 Å². The van der Waals surface area contributed by atoms with Crippen molar-refractivity contribution in [1.29, 1.82) is 0 Å². The predicted molar refractivity (Wildman–Crippen MR) is 138 cm³/mol. The molecule has 3 fully saturated rings. The van der Waals surface area contributed by atoms with Crippen LogP contribution in [0.5, 0.6) is 0 Å². The van der Waals surface area contributed by atoms with Crippen molar-refractivity contribution in [3.8, 4) is 0 Å². The van der Waals surface area contributed by atoms with Gasteiger partial charge in [0.15, 0.2) is 14.1 Å². The average molecular weight is 511 g/mol. The Morgan fingerprint density at radius 3 is 2.62 bits per heavy atom. The van der Waals surface area contributed by atoms with E-state index in [2.05, 4.69) is 45.8 Å². The molecule has 0 unspecified atom stereocenters. The van der Waals surface area contributed by atoms with Crippen LogP contribution in [0.15, 0.2) is 12.7 Å². The van der Waals surface area contributed by atoms with Gasteiger partial charge in [-0.1, -0.05) is 39.8 Å². The Morgan fingerprint density at radius 2 is 2.00 bits per heavy atom. The molecule has 0 aromatic carbocycles. The maximum atomic E-state index is 13.5. The molecule has 0 aromatic heterocycles. The minimum atomic E-state index is -2.02. The summed E-state index contributed by atoms with van der Waals surface area (Å²) in [6, 6.07) is -0.142. The highest BCUT2D eigenvalue weighted by molar-refractivity contribution is 8.01. The molecule has 0 aromatic rings. The molecule has 9 heteroatoms. The molecule has 7 nitrogen and oxygen atoms in total. The van der Waals surface area contributed by atoms with Gasteiger partial charge in [-0.2, -0.15) is 0 Å². The number of hydrogen-bond acceptors (Lipinski definition) is 6. The number of ether oxygens (including phenoxy) is 1. The first-order valence-electron chi connectivity index (χ1n) is 12.6. The Labute approximate surface area is 209 Å². The van der Waals surface area contributed by atoms with Crippen molar-refractivity contribution in [3.05, 3.63) is 12.7 Å². The first-order chi connectivity index (χ1) is 15.9. The quantitative estimate of drug-likeness (QED) is 0.296. The fraction of sp³-hybridized carbons (Fsp3) is 0.800. The molecule has 0 bridgehead atoms. The van der Waals surface area contributed by atoms with Crippen LogP contribution in [-0.4, -0.2) is 73.3 Å². The van der Waals surface area contributed by atoms with Crippen LogP contribution in [0.3, 0.4) is 0 Å². The number of thioether (sulfide) groups is 1.